The molecular formula is C19H31N3O5S. The molecule has 2 rings (SSSR count). The lowest BCUT2D eigenvalue weighted by Gasteiger charge is -2.30. The van der Waals surface area contributed by atoms with Crippen LogP contribution in [-0.2, 0) is 19.7 Å². The van der Waals surface area contributed by atoms with Gasteiger partial charge in [-0.3, -0.25) is 0 Å². The van der Waals surface area contributed by atoms with E-state index in [0.29, 0.717) is 19.7 Å². The van der Waals surface area contributed by atoms with Crippen LogP contribution in [0.15, 0.2) is 30.3 Å². The molecule has 0 aliphatic carbocycles. The van der Waals surface area contributed by atoms with E-state index in [2.05, 4.69) is 4.72 Å². The first-order valence-electron chi connectivity index (χ1n) is 9.31. The summed E-state index contributed by atoms with van der Waals surface area (Å²) in [4.78, 5) is 14.2. The Morgan fingerprint density at radius 2 is 1.93 bits per heavy atom. The molecule has 1 amide bonds. The third-order valence-electron chi connectivity index (χ3n) is 4.39. The molecule has 9 heteroatoms. The van der Waals surface area contributed by atoms with Crippen LogP contribution >= 0.6 is 0 Å². The number of carbonyl (C=O) groups excluding carboxylic acids is 1. The van der Waals surface area contributed by atoms with E-state index in [9.17, 15) is 13.2 Å². The number of nitrogens with zero attached hydrogens (tertiary/aromatic N) is 2. The molecule has 0 bridgehead atoms. The maximum atomic E-state index is 12.6. The molecule has 0 radical (unpaired) electrons. The third-order valence-corrected chi connectivity index (χ3v) is 5.88. The van der Waals surface area contributed by atoms with Crippen molar-refractivity contribution in [2.24, 2.45) is 0 Å². The lowest BCUT2D eigenvalue weighted by Crippen LogP contribution is -2.44. The first kappa shape index (κ1) is 22.6. The van der Waals surface area contributed by atoms with Gasteiger partial charge in [0.15, 0.2) is 0 Å². The molecule has 0 aromatic heterocycles. The van der Waals surface area contributed by atoms with E-state index in [1.807, 2.05) is 51.1 Å². The summed E-state index contributed by atoms with van der Waals surface area (Å²) in [6, 6.07) is 9.66. The summed E-state index contributed by atoms with van der Waals surface area (Å²) in [7, 11) is -0.636. The topological polar surface area (TPSA) is 88.2 Å². The van der Waals surface area contributed by atoms with Gasteiger partial charge in [0.2, 0.25) is 0 Å². The number of ether oxygens (including phenoxy) is 2. The van der Waals surface area contributed by atoms with E-state index in [0.717, 1.165) is 9.87 Å². The van der Waals surface area contributed by atoms with Crippen molar-refractivity contribution < 1.29 is 22.7 Å². The summed E-state index contributed by atoms with van der Waals surface area (Å²) in [5.41, 5.74) is 0.389. The quantitative estimate of drug-likeness (QED) is 0.795. The fourth-order valence-electron chi connectivity index (χ4n) is 2.91. The number of carbonyl (C=O) groups is 1. The average molecular weight is 414 g/mol. The van der Waals surface area contributed by atoms with Gasteiger partial charge >= 0.3 is 6.09 Å². The lowest BCUT2D eigenvalue weighted by atomic mass is 9.93. The van der Waals surface area contributed by atoms with Crippen molar-refractivity contribution in [1.82, 2.24) is 13.9 Å². The zero-order chi connectivity index (χ0) is 20.9. The Bertz CT molecular complexity index is 747. The van der Waals surface area contributed by atoms with Crippen LogP contribution in [0.4, 0.5) is 4.79 Å². The molecule has 28 heavy (non-hydrogen) atoms. The number of nitrogens with one attached hydrogen (secondary N) is 1. The van der Waals surface area contributed by atoms with Crippen molar-refractivity contribution in [3.05, 3.63) is 35.9 Å². The van der Waals surface area contributed by atoms with E-state index in [1.165, 1.54) is 14.1 Å². The van der Waals surface area contributed by atoms with Crippen LogP contribution in [0.5, 0.6) is 0 Å². The van der Waals surface area contributed by atoms with Gasteiger partial charge in [0.1, 0.15) is 5.60 Å². The highest BCUT2D eigenvalue weighted by Crippen LogP contribution is 2.26. The van der Waals surface area contributed by atoms with E-state index in [-0.39, 0.29) is 12.5 Å². The van der Waals surface area contributed by atoms with Gasteiger partial charge in [0, 0.05) is 39.6 Å². The molecular weight excluding hydrogens is 382 g/mol. The smallest absolute Gasteiger partial charge is 0.410 e. The second-order valence-corrected chi connectivity index (χ2v) is 9.96. The van der Waals surface area contributed by atoms with Crippen molar-refractivity contribution >= 4 is 16.3 Å². The number of amides is 1. The molecule has 1 saturated heterocycles. The minimum absolute atomic E-state index is 0.113. The van der Waals surface area contributed by atoms with Crippen LogP contribution in [0.25, 0.3) is 0 Å². The van der Waals surface area contributed by atoms with E-state index < -0.39 is 28.0 Å². The first-order valence-corrected chi connectivity index (χ1v) is 10.8. The number of benzene rings is 1. The van der Waals surface area contributed by atoms with E-state index >= 15 is 0 Å². The van der Waals surface area contributed by atoms with Crippen molar-refractivity contribution in [2.45, 2.75) is 38.4 Å². The monoisotopic (exact) mass is 413 g/mol. The Kier molecular flexibility index (Phi) is 7.44. The van der Waals surface area contributed by atoms with Gasteiger partial charge in [-0.25, -0.2) is 4.79 Å². The fourth-order valence-corrected chi connectivity index (χ4v) is 3.54. The van der Waals surface area contributed by atoms with Crippen molar-refractivity contribution in [1.29, 1.82) is 0 Å². The molecule has 1 aromatic carbocycles. The maximum Gasteiger partial charge on any atom is 0.410 e. The van der Waals surface area contributed by atoms with Crippen LogP contribution in [-0.4, -0.2) is 75.8 Å². The second-order valence-electron chi connectivity index (χ2n) is 7.99. The van der Waals surface area contributed by atoms with Gasteiger partial charge in [0.05, 0.1) is 12.7 Å². The minimum atomic E-state index is -3.57. The zero-order valence-corrected chi connectivity index (χ0v) is 18.0. The normalized spacial score (nSPS) is 21.4. The second kappa shape index (κ2) is 9.21. The molecule has 1 aliphatic heterocycles. The Morgan fingerprint density at radius 3 is 2.50 bits per heavy atom. The molecule has 1 aliphatic rings. The lowest BCUT2D eigenvalue weighted by molar-refractivity contribution is 0.0233. The summed E-state index contributed by atoms with van der Waals surface area (Å²) in [6.45, 7) is 6.66. The standard InChI is InChI=1S/C19H31N3O5S/c1-19(2,3)27-18(23)22-11-12-26-17(13-20-28(24,25)21(4)5)16(14-22)15-9-7-6-8-10-15/h6-10,16-17,20H,11-14H2,1-5H3/t16?,17-/m1/s1. The van der Waals surface area contributed by atoms with Gasteiger partial charge in [-0.1, -0.05) is 30.3 Å². The Morgan fingerprint density at radius 1 is 1.29 bits per heavy atom. The molecule has 1 heterocycles. The van der Waals surface area contributed by atoms with Crippen LogP contribution < -0.4 is 4.72 Å². The Balaban J connectivity index is 2.22. The molecule has 0 saturated carbocycles. The molecule has 1 fully saturated rings. The van der Waals surface area contributed by atoms with Gasteiger partial charge in [-0.2, -0.15) is 17.4 Å². The van der Waals surface area contributed by atoms with Crippen LogP contribution in [0.2, 0.25) is 0 Å². The largest absolute Gasteiger partial charge is 0.444 e. The molecule has 1 N–H and O–H groups in total. The first-order chi connectivity index (χ1) is 13.0. The number of rotatable bonds is 5. The third kappa shape index (κ3) is 6.44. The summed E-state index contributed by atoms with van der Waals surface area (Å²) >= 11 is 0. The van der Waals surface area contributed by atoms with Crippen LogP contribution in [0.3, 0.4) is 0 Å². The van der Waals surface area contributed by atoms with E-state index in [4.69, 9.17) is 9.47 Å². The zero-order valence-electron chi connectivity index (χ0n) is 17.2. The molecule has 1 unspecified atom stereocenters. The Hall–Kier alpha value is -1.68. The molecule has 0 spiro atoms. The van der Waals surface area contributed by atoms with Crippen LogP contribution in [0.1, 0.15) is 32.3 Å². The fraction of sp³-hybridized carbons (Fsp3) is 0.632. The average Bonchev–Trinajstić information content (AvgIpc) is 2.82. The highest BCUT2D eigenvalue weighted by Gasteiger charge is 2.33. The Labute approximate surface area is 168 Å². The van der Waals surface area contributed by atoms with Crippen molar-refractivity contribution in [3.63, 3.8) is 0 Å². The minimum Gasteiger partial charge on any atom is -0.444 e. The SMILES string of the molecule is CN(C)S(=O)(=O)NC[C@H]1OCCN(C(=O)OC(C)(C)C)CC1c1ccccc1. The van der Waals surface area contributed by atoms with E-state index in [1.54, 1.807) is 4.90 Å². The highest BCUT2D eigenvalue weighted by molar-refractivity contribution is 7.87. The van der Waals surface area contributed by atoms with Crippen molar-refractivity contribution in [3.8, 4) is 0 Å². The van der Waals surface area contributed by atoms with Gasteiger partial charge < -0.3 is 14.4 Å². The number of hydrogen-bond acceptors (Lipinski definition) is 5. The van der Waals surface area contributed by atoms with Crippen LogP contribution in [0, 0.1) is 0 Å². The predicted octanol–water partition coefficient (Wildman–Crippen LogP) is 1.80. The summed E-state index contributed by atoms with van der Waals surface area (Å²) in [5.74, 6) is -0.193. The van der Waals surface area contributed by atoms with Gasteiger partial charge in [0.25, 0.3) is 10.2 Å². The molecule has 2 atom stereocenters. The van der Waals surface area contributed by atoms with Crippen molar-refractivity contribution in [2.75, 3.05) is 40.3 Å². The molecule has 1 aromatic rings. The highest BCUT2D eigenvalue weighted by atomic mass is 32.2. The molecule has 158 valence electrons. The molecule has 8 nitrogen and oxygen atoms in total. The predicted molar refractivity (Wildman–Crippen MR) is 107 cm³/mol. The summed E-state index contributed by atoms with van der Waals surface area (Å²) in [5, 5.41) is 0. The van der Waals surface area contributed by atoms with Gasteiger partial charge in [-0.15, -0.1) is 0 Å². The maximum absolute atomic E-state index is 12.6. The number of hydrogen-bond donors (Lipinski definition) is 1. The van der Waals surface area contributed by atoms with Gasteiger partial charge in [-0.05, 0) is 26.3 Å². The summed E-state index contributed by atoms with van der Waals surface area (Å²) in [6.07, 6.45) is -0.809. The summed E-state index contributed by atoms with van der Waals surface area (Å²) < 4.78 is 39.4.